The van der Waals surface area contributed by atoms with E-state index in [-0.39, 0.29) is 5.91 Å². The standard InChI is InChI=1S/C20H33N5O/c1-16-7-6-11-25(15-16)20(21-2)23-14-17-8-5-9-18(13-17)19(26)22-10-12-24(3)4/h5,8-9,13,16H,6-7,10-12,14-15H2,1-4H3,(H,21,23)(H,22,26). The maximum absolute atomic E-state index is 12.3. The van der Waals surface area contributed by atoms with E-state index < -0.39 is 0 Å². The number of carbonyl (C=O) groups excluding carboxylic acids is 1. The molecule has 26 heavy (non-hydrogen) atoms. The number of benzene rings is 1. The predicted octanol–water partition coefficient (Wildman–Crippen LogP) is 1.79. The molecule has 2 N–H and O–H groups in total. The van der Waals surface area contributed by atoms with Crippen LogP contribution in [0.2, 0.25) is 0 Å². The Morgan fingerprint density at radius 3 is 2.85 bits per heavy atom. The molecule has 6 nitrogen and oxygen atoms in total. The lowest BCUT2D eigenvalue weighted by molar-refractivity contribution is 0.0951. The van der Waals surface area contributed by atoms with E-state index in [4.69, 9.17) is 0 Å². The third-order valence-corrected chi connectivity index (χ3v) is 4.65. The molecule has 1 heterocycles. The van der Waals surface area contributed by atoms with Gasteiger partial charge in [0.2, 0.25) is 0 Å². The molecular formula is C20H33N5O. The largest absolute Gasteiger partial charge is 0.352 e. The summed E-state index contributed by atoms with van der Waals surface area (Å²) in [6.45, 7) is 6.53. The van der Waals surface area contributed by atoms with E-state index in [1.54, 1.807) is 0 Å². The van der Waals surface area contributed by atoms with Crippen molar-refractivity contribution < 1.29 is 4.79 Å². The van der Waals surface area contributed by atoms with Crippen LogP contribution in [0.5, 0.6) is 0 Å². The molecular weight excluding hydrogens is 326 g/mol. The fourth-order valence-electron chi connectivity index (χ4n) is 3.21. The third-order valence-electron chi connectivity index (χ3n) is 4.65. The van der Waals surface area contributed by atoms with Crippen LogP contribution in [0.4, 0.5) is 0 Å². The molecule has 0 aromatic heterocycles. The molecule has 144 valence electrons. The van der Waals surface area contributed by atoms with Crippen molar-refractivity contribution >= 4 is 11.9 Å². The lowest BCUT2D eigenvalue weighted by Crippen LogP contribution is -2.45. The number of guanidine groups is 1. The number of piperidine rings is 1. The molecule has 1 aliphatic heterocycles. The molecule has 1 fully saturated rings. The Bertz CT molecular complexity index is 614. The molecule has 1 atom stereocenters. The van der Waals surface area contributed by atoms with Crippen molar-refractivity contribution in [2.45, 2.75) is 26.3 Å². The van der Waals surface area contributed by atoms with Crippen molar-refractivity contribution in [1.29, 1.82) is 0 Å². The molecule has 0 bridgehead atoms. The number of nitrogens with zero attached hydrogens (tertiary/aromatic N) is 3. The molecule has 0 aliphatic carbocycles. The molecule has 6 heteroatoms. The summed E-state index contributed by atoms with van der Waals surface area (Å²) < 4.78 is 0. The van der Waals surface area contributed by atoms with Crippen LogP contribution in [0.15, 0.2) is 29.3 Å². The Hall–Kier alpha value is -2.08. The van der Waals surface area contributed by atoms with Gasteiger partial charge in [0.15, 0.2) is 5.96 Å². The van der Waals surface area contributed by atoms with E-state index in [2.05, 4.69) is 27.4 Å². The maximum atomic E-state index is 12.3. The fraction of sp³-hybridized carbons (Fsp3) is 0.600. The lowest BCUT2D eigenvalue weighted by atomic mass is 10.0. The first-order valence-corrected chi connectivity index (χ1v) is 9.47. The van der Waals surface area contributed by atoms with Crippen LogP contribution in [0, 0.1) is 5.92 Å². The van der Waals surface area contributed by atoms with Crippen LogP contribution >= 0.6 is 0 Å². The lowest BCUT2D eigenvalue weighted by Gasteiger charge is -2.33. The average Bonchev–Trinajstić information content (AvgIpc) is 2.62. The summed E-state index contributed by atoms with van der Waals surface area (Å²) in [6.07, 6.45) is 2.50. The van der Waals surface area contributed by atoms with Gasteiger partial charge in [-0.15, -0.1) is 0 Å². The van der Waals surface area contributed by atoms with Crippen LogP contribution in [-0.4, -0.2) is 69.0 Å². The van der Waals surface area contributed by atoms with Gasteiger partial charge in [0.1, 0.15) is 0 Å². The second kappa shape index (κ2) is 10.2. The molecule has 0 radical (unpaired) electrons. The molecule has 2 rings (SSSR count). The van der Waals surface area contributed by atoms with E-state index in [1.807, 2.05) is 50.3 Å². The summed E-state index contributed by atoms with van der Waals surface area (Å²) in [6, 6.07) is 7.78. The molecule has 1 saturated heterocycles. The van der Waals surface area contributed by atoms with Crippen molar-refractivity contribution in [3.05, 3.63) is 35.4 Å². The van der Waals surface area contributed by atoms with E-state index in [0.29, 0.717) is 24.6 Å². The molecule has 1 aromatic rings. The van der Waals surface area contributed by atoms with E-state index >= 15 is 0 Å². The van der Waals surface area contributed by atoms with E-state index in [0.717, 1.165) is 31.2 Å². The quantitative estimate of drug-likeness (QED) is 0.600. The molecule has 0 spiro atoms. The van der Waals surface area contributed by atoms with Crippen molar-refractivity contribution in [3.8, 4) is 0 Å². The van der Waals surface area contributed by atoms with Gasteiger partial charge in [-0.1, -0.05) is 19.1 Å². The number of aliphatic imine (C=N–C) groups is 1. The first kappa shape index (κ1) is 20.2. The Morgan fingerprint density at radius 1 is 1.35 bits per heavy atom. The van der Waals surface area contributed by atoms with Gasteiger partial charge in [0.25, 0.3) is 5.91 Å². The monoisotopic (exact) mass is 359 g/mol. The van der Waals surface area contributed by atoms with Crippen molar-refractivity contribution in [2.24, 2.45) is 10.9 Å². The Morgan fingerprint density at radius 2 is 2.15 bits per heavy atom. The fourth-order valence-corrected chi connectivity index (χ4v) is 3.21. The molecule has 0 saturated carbocycles. The van der Waals surface area contributed by atoms with Crippen molar-refractivity contribution in [1.82, 2.24) is 20.4 Å². The third kappa shape index (κ3) is 6.33. The zero-order valence-corrected chi connectivity index (χ0v) is 16.6. The second-order valence-electron chi connectivity index (χ2n) is 7.35. The number of nitrogens with one attached hydrogen (secondary N) is 2. The smallest absolute Gasteiger partial charge is 0.251 e. The van der Waals surface area contributed by atoms with E-state index in [1.165, 1.54) is 12.8 Å². The summed E-state index contributed by atoms with van der Waals surface area (Å²) >= 11 is 0. The summed E-state index contributed by atoms with van der Waals surface area (Å²) in [4.78, 5) is 21.1. The van der Waals surface area contributed by atoms with Gasteiger partial charge in [-0.2, -0.15) is 0 Å². The second-order valence-corrected chi connectivity index (χ2v) is 7.35. The SMILES string of the molecule is CN=C(NCc1cccc(C(=O)NCCN(C)C)c1)N1CCCC(C)C1. The van der Waals surface area contributed by atoms with Crippen LogP contribution in [0.25, 0.3) is 0 Å². The number of amides is 1. The predicted molar refractivity (Wildman–Crippen MR) is 107 cm³/mol. The van der Waals surface area contributed by atoms with Crippen LogP contribution < -0.4 is 10.6 Å². The highest BCUT2D eigenvalue weighted by atomic mass is 16.1. The number of likely N-dealkylation sites (tertiary alicyclic amines) is 1. The normalized spacial score (nSPS) is 18.1. The number of carbonyl (C=O) groups is 1. The number of rotatable bonds is 6. The highest BCUT2D eigenvalue weighted by Gasteiger charge is 2.19. The van der Waals surface area contributed by atoms with Crippen molar-refractivity contribution in [3.63, 3.8) is 0 Å². The Kier molecular flexibility index (Phi) is 7.91. The van der Waals surface area contributed by atoms with Gasteiger partial charge in [-0.05, 0) is 50.6 Å². The summed E-state index contributed by atoms with van der Waals surface area (Å²) in [7, 11) is 5.82. The highest BCUT2D eigenvalue weighted by Crippen LogP contribution is 2.15. The van der Waals surface area contributed by atoms with Crippen molar-refractivity contribution in [2.75, 3.05) is 47.3 Å². The van der Waals surface area contributed by atoms with Gasteiger partial charge >= 0.3 is 0 Å². The molecule has 1 amide bonds. The van der Waals surface area contributed by atoms with Crippen LogP contribution in [-0.2, 0) is 6.54 Å². The first-order chi connectivity index (χ1) is 12.5. The minimum absolute atomic E-state index is 0.0251. The topological polar surface area (TPSA) is 60.0 Å². The van der Waals surface area contributed by atoms with Crippen LogP contribution in [0.3, 0.4) is 0 Å². The summed E-state index contributed by atoms with van der Waals surface area (Å²) in [5.41, 5.74) is 1.78. The molecule has 1 aliphatic rings. The van der Waals surface area contributed by atoms with Gasteiger partial charge in [0, 0.05) is 45.3 Å². The number of hydrogen-bond donors (Lipinski definition) is 2. The first-order valence-electron chi connectivity index (χ1n) is 9.47. The average molecular weight is 360 g/mol. The maximum Gasteiger partial charge on any atom is 0.251 e. The molecule has 1 aromatic carbocycles. The van der Waals surface area contributed by atoms with Gasteiger partial charge in [-0.3, -0.25) is 9.79 Å². The van der Waals surface area contributed by atoms with E-state index in [9.17, 15) is 4.79 Å². The zero-order chi connectivity index (χ0) is 18.9. The molecule has 1 unspecified atom stereocenters. The van der Waals surface area contributed by atoms with Gasteiger partial charge < -0.3 is 20.4 Å². The summed E-state index contributed by atoms with van der Waals surface area (Å²) in [5.74, 6) is 1.62. The minimum atomic E-state index is -0.0251. The summed E-state index contributed by atoms with van der Waals surface area (Å²) in [5, 5.41) is 6.39. The Balaban J connectivity index is 1.90. The Labute approximate surface area is 157 Å². The minimum Gasteiger partial charge on any atom is -0.352 e. The zero-order valence-electron chi connectivity index (χ0n) is 16.6. The number of likely N-dealkylation sites (N-methyl/N-ethyl adjacent to an activating group) is 1. The highest BCUT2D eigenvalue weighted by molar-refractivity contribution is 5.94. The number of hydrogen-bond acceptors (Lipinski definition) is 3. The van der Waals surface area contributed by atoms with Crippen LogP contribution in [0.1, 0.15) is 35.7 Å². The van der Waals surface area contributed by atoms with Gasteiger partial charge in [0.05, 0.1) is 0 Å². The van der Waals surface area contributed by atoms with Gasteiger partial charge in [-0.25, -0.2) is 0 Å².